The van der Waals surface area contributed by atoms with Gasteiger partial charge in [-0.05, 0) is 48.0 Å². The number of anilines is 2. The Kier molecular flexibility index (Phi) is 8.77. The number of urea groups is 1. The molecule has 1 aromatic heterocycles. The van der Waals surface area contributed by atoms with Crippen LogP contribution in [0.1, 0.15) is 0 Å². The lowest BCUT2D eigenvalue weighted by molar-refractivity contribution is 0.252. The molecular formula is C26H23Cl4N5O. The van der Waals surface area contributed by atoms with Crippen LogP contribution in [0.15, 0.2) is 66.7 Å². The molecule has 4 aromatic rings. The molecule has 1 heterocycles. The van der Waals surface area contributed by atoms with Gasteiger partial charge in [-0.15, -0.1) is 23.2 Å². The van der Waals surface area contributed by atoms with Crippen molar-refractivity contribution in [3.05, 3.63) is 76.8 Å². The summed E-state index contributed by atoms with van der Waals surface area (Å²) < 4.78 is 0. The quantitative estimate of drug-likeness (QED) is 0.0920. The zero-order valence-corrected chi connectivity index (χ0v) is 22.1. The highest BCUT2D eigenvalue weighted by Crippen LogP contribution is 2.41. The SMILES string of the molecule is NNC(=O)Nc1ccc(N(CCCl)CCCl)c(-c2cc(-c3c(Cl)cccc3Cl)nc3ccccc23)c1. The summed E-state index contributed by atoms with van der Waals surface area (Å²) in [5.41, 5.74) is 7.33. The van der Waals surface area contributed by atoms with E-state index in [1.54, 1.807) is 24.3 Å². The second kappa shape index (κ2) is 12.0. The molecule has 0 radical (unpaired) electrons. The van der Waals surface area contributed by atoms with Crippen molar-refractivity contribution < 1.29 is 4.79 Å². The van der Waals surface area contributed by atoms with Crippen molar-refractivity contribution in [3.8, 4) is 22.4 Å². The number of nitrogens with one attached hydrogen (secondary N) is 2. The Morgan fingerprint density at radius 2 is 1.58 bits per heavy atom. The topological polar surface area (TPSA) is 83.3 Å². The Morgan fingerprint density at radius 3 is 2.25 bits per heavy atom. The first kappa shape index (κ1) is 26.3. The van der Waals surface area contributed by atoms with Gasteiger partial charge < -0.3 is 10.2 Å². The first-order valence-electron chi connectivity index (χ1n) is 11.1. The highest BCUT2D eigenvalue weighted by molar-refractivity contribution is 6.39. The number of hydrazine groups is 1. The Balaban J connectivity index is 2.02. The van der Waals surface area contributed by atoms with Crippen LogP contribution in [0, 0.1) is 0 Å². The smallest absolute Gasteiger partial charge is 0.333 e. The minimum atomic E-state index is -0.532. The number of carbonyl (C=O) groups is 1. The molecule has 0 bridgehead atoms. The van der Waals surface area contributed by atoms with Gasteiger partial charge in [0.15, 0.2) is 0 Å². The standard InChI is InChI=1S/C26H23Cl4N5O/c27-10-12-35(13-11-28)24-9-8-16(32-26(36)34-31)14-19(24)18-15-23(25-20(29)5-3-6-21(25)30)33-22-7-2-1-4-17(18)22/h1-9,14-15H,10-13,31H2,(H2,32,34,36). The van der Waals surface area contributed by atoms with Gasteiger partial charge in [-0.3, -0.25) is 5.43 Å². The summed E-state index contributed by atoms with van der Waals surface area (Å²) in [6, 6.07) is 20.2. The minimum Gasteiger partial charge on any atom is -0.369 e. The number of rotatable bonds is 8. The van der Waals surface area contributed by atoms with Crippen LogP contribution in [0.5, 0.6) is 0 Å². The van der Waals surface area contributed by atoms with Gasteiger partial charge in [0, 0.05) is 52.7 Å². The van der Waals surface area contributed by atoms with E-state index in [4.69, 9.17) is 57.2 Å². The molecule has 4 rings (SSSR count). The number of para-hydroxylation sites is 1. The largest absolute Gasteiger partial charge is 0.369 e. The summed E-state index contributed by atoms with van der Waals surface area (Å²) in [4.78, 5) is 18.9. The number of amides is 2. The maximum absolute atomic E-state index is 11.9. The van der Waals surface area contributed by atoms with Crippen molar-refractivity contribution >= 4 is 74.7 Å². The van der Waals surface area contributed by atoms with Crippen LogP contribution in [0.4, 0.5) is 16.2 Å². The van der Waals surface area contributed by atoms with Crippen LogP contribution in [0.25, 0.3) is 33.3 Å². The molecule has 0 aliphatic heterocycles. The van der Waals surface area contributed by atoms with Crippen molar-refractivity contribution in [1.29, 1.82) is 0 Å². The van der Waals surface area contributed by atoms with Crippen molar-refractivity contribution in [2.75, 3.05) is 35.1 Å². The van der Waals surface area contributed by atoms with E-state index in [0.717, 1.165) is 27.7 Å². The predicted molar refractivity (Wildman–Crippen MR) is 153 cm³/mol. The maximum atomic E-state index is 11.9. The summed E-state index contributed by atoms with van der Waals surface area (Å²) in [6.07, 6.45) is 0. The first-order valence-corrected chi connectivity index (χ1v) is 12.9. The molecule has 0 spiro atoms. The van der Waals surface area contributed by atoms with Crippen LogP contribution in [0.2, 0.25) is 10.0 Å². The maximum Gasteiger partial charge on any atom is 0.333 e. The molecule has 6 nitrogen and oxygen atoms in total. The number of benzene rings is 3. The van der Waals surface area contributed by atoms with E-state index in [1.165, 1.54) is 0 Å². The number of nitrogens with two attached hydrogens (primary N) is 1. The molecule has 3 aromatic carbocycles. The van der Waals surface area contributed by atoms with Crippen molar-refractivity contribution in [1.82, 2.24) is 10.4 Å². The number of carbonyl (C=O) groups excluding carboxylic acids is 1. The number of halogens is 4. The van der Waals surface area contributed by atoms with E-state index in [0.29, 0.717) is 51.8 Å². The van der Waals surface area contributed by atoms with Crippen LogP contribution in [0.3, 0.4) is 0 Å². The van der Waals surface area contributed by atoms with E-state index < -0.39 is 6.03 Å². The molecule has 0 aliphatic carbocycles. The van der Waals surface area contributed by atoms with E-state index in [-0.39, 0.29) is 0 Å². The zero-order chi connectivity index (χ0) is 25.7. The molecule has 2 amide bonds. The predicted octanol–water partition coefficient (Wildman–Crippen LogP) is 7.15. The molecule has 0 unspecified atom stereocenters. The Bertz CT molecular complexity index is 1370. The van der Waals surface area contributed by atoms with E-state index in [2.05, 4.69) is 15.6 Å². The molecule has 36 heavy (non-hydrogen) atoms. The second-order valence-corrected chi connectivity index (χ2v) is 9.43. The van der Waals surface area contributed by atoms with E-state index in [9.17, 15) is 4.79 Å². The highest BCUT2D eigenvalue weighted by atomic mass is 35.5. The Labute approximate surface area is 229 Å². The highest BCUT2D eigenvalue weighted by Gasteiger charge is 2.19. The lowest BCUT2D eigenvalue weighted by Crippen LogP contribution is -2.34. The summed E-state index contributed by atoms with van der Waals surface area (Å²) in [6.45, 7) is 1.17. The average molecular weight is 563 g/mol. The van der Waals surface area contributed by atoms with Gasteiger partial charge in [0.2, 0.25) is 0 Å². The van der Waals surface area contributed by atoms with Crippen LogP contribution >= 0.6 is 46.4 Å². The molecule has 0 atom stereocenters. The fraction of sp³-hybridized carbons (Fsp3) is 0.154. The van der Waals surface area contributed by atoms with Gasteiger partial charge in [0.1, 0.15) is 0 Å². The summed E-state index contributed by atoms with van der Waals surface area (Å²) in [7, 11) is 0. The third-order valence-corrected chi connectivity index (χ3v) is 6.63. The lowest BCUT2D eigenvalue weighted by Gasteiger charge is -2.27. The average Bonchev–Trinajstić information content (AvgIpc) is 2.88. The Hall–Kier alpha value is -2.74. The fourth-order valence-corrected chi connectivity index (χ4v) is 5.10. The van der Waals surface area contributed by atoms with Gasteiger partial charge in [-0.1, -0.05) is 47.5 Å². The molecule has 0 aliphatic rings. The lowest BCUT2D eigenvalue weighted by atomic mass is 9.96. The molecular weight excluding hydrogens is 540 g/mol. The summed E-state index contributed by atoms with van der Waals surface area (Å²) >= 11 is 25.4. The number of aromatic nitrogens is 1. The number of pyridine rings is 1. The van der Waals surface area contributed by atoms with Crippen molar-refractivity contribution in [2.45, 2.75) is 0 Å². The molecule has 186 valence electrons. The van der Waals surface area contributed by atoms with Crippen LogP contribution in [-0.2, 0) is 0 Å². The number of alkyl halides is 2. The van der Waals surface area contributed by atoms with Gasteiger partial charge in [0.25, 0.3) is 0 Å². The zero-order valence-electron chi connectivity index (χ0n) is 19.1. The van der Waals surface area contributed by atoms with Gasteiger partial charge in [-0.25, -0.2) is 15.6 Å². The van der Waals surface area contributed by atoms with Crippen LogP contribution in [-0.4, -0.2) is 35.9 Å². The summed E-state index contributed by atoms with van der Waals surface area (Å²) in [5.74, 6) is 6.12. The molecule has 0 saturated heterocycles. The van der Waals surface area contributed by atoms with E-state index in [1.807, 2.05) is 42.5 Å². The number of nitrogens with zero attached hydrogens (tertiary/aromatic N) is 2. The normalized spacial score (nSPS) is 10.9. The molecule has 10 heteroatoms. The first-order chi connectivity index (χ1) is 17.5. The third-order valence-electron chi connectivity index (χ3n) is 5.66. The molecule has 0 fully saturated rings. The van der Waals surface area contributed by atoms with Crippen LogP contribution < -0.4 is 21.5 Å². The van der Waals surface area contributed by atoms with Crippen molar-refractivity contribution in [3.63, 3.8) is 0 Å². The number of hydrogen-bond acceptors (Lipinski definition) is 4. The van der Waals surface area contributed by atoms with Gasteiger partial charge in [-0.2, -0.15) is 0 Å². The molecule has 0 saturated carbocycles. The Morgan fingerprint density at radius 1 is 0.889 bits per heavy atom. The summed E-state index contributed by atoms with van der Waals surface area (Å²) in [5, 5.41) is 4.66. The van der Waals surface area contributed by atoms with Gasteiger partial charge in [0.05, 0.1) is 21.3 Å². The van der Waals surface area contributed by atoms with Crippen molar-refractivity contribution in [2.24, 2.45) is 5.84 Å². The number of fused-ring (bicyclic) bond motifs is 1. The van der Waals surface area contributed by atoms with E-state index >= 15 is 0 Å². The monoisotopic (exact) mass is 561 g/mol. The minimum absolute atomic E-state index is 0.420. The molecule has 4 N–H and O–H groups in total. The number of hydrogen-bond donors (Lipinski definition) is 3. The fourth-order valence-electron chi connectivity index (χ4n) is 4.10. The van der Waals surface area contributed by atoms with Gasteiger partial charge >= 0.3 is 6.03 Å². The second-order valence-electron chi connectivity index (χ2n) is 7.86. The third kappa shape index (κ3) is 5.64.